The molecule has 1 aliphatic heterocycles. The van der Waals surface area contributed by atoms with Crippen LogP contribution in [0.4, 0.5) is 4.79 Å². The largest absolute Gasteiger partial charge is 0.481 e. The third-order valence-electron chi connectivity index (χ3n) is 3.68. The van der Waals surface area contributed by atoms with Gasteiger partial charge in [0.05, 0.1) is 18.1 Å². The van der Waals surface area contributed by atoms with E-state index in [4.69, 9.17) is 9.84 Å². The maximum absolute atomic E-state index is 11.9. The number of carbonyl (C=O) groups is 2. The molecule has 19 heavy (non-hydrogen) atoms. The fraction of sp³-hybridized carbons (Fsp3) is 0.846. The molecule has 0 aromatic heterocycles. The van der Waals surface area contributed by atoms with Gasteiger partial charge in [-0.1, -0.05) is 13.3 Å². The minimum absolute atomic E-state index is 0.0395. The summed E-state index contributed by atoms with van der Waals surface area (Å²) in [6, 6.07) is -0.650. The highest BCUT2D eigenvalue weighted by molar-refractivity contribution is 5.76. The van der Waals surface area contributed by atoms with E-state index in [9.17, 15) is 9.59 Å². The first-order chi connectivity index (χ1) is 8.87. The van der Waals surface area contributed by atoms with Crippen molar-refractivity contribution in [3.8, 4) is 0 Å². The van der Waals surface area contributed by atoms with Crippen molar-refractivity contribution in [2.24, 2.45) is 0 Å². The first-order valence-electron chi connectivity index (χ1n) is 6.79. The summed E-state index contributed by atoms with van der Waals surface area (Å²) in [6.45, 7) is 6.46. The number of carbonyl (C=O) groups excluding carboxylic acids is 1. The fourth-order valence-corrected chi connectivity index (χ4v) is 2.26. The van der Waals surface area contributed by atoms with Gasteiger partial charge in [0, 0.05) is 12.6 Å². The Bertz CT molecular complexity index is 335. The summed E-state index contributed by atoms with van der Waals surface area (Å²) in [5.41, 5.74) is -0.385. The Labute approximate surface area is 113 Å². The Hall–Kier alpha value is -1.30. The first-order valence-corrected chi connectivity index (χ1v) is 6.79. The third kappa shape index (κ3) is 4.70. The molecule has 0 saturated carbocycles. The van der Waals surface area contributed by atoms with Crippen LogP contribution >= 0.6 is 0 Å². The Morgan fingerprint density at radius 3 is 2.68 bits per heavy atom. The Morgan fingerprint density at radius 1 is 1.53 bits per heavy atom. The van der Waals surface area contributed by atoms with Crippen LogP contribution in [-0.4, -0.2) is 41.4 Å². The van der Waals surface area contributed by atoms with Crippen LogP contribution in [0.2, 0.25) is 0 Å². The average molecular weight is 272 g/mol. The summed E-state index contributed by atoms with van der Waals surface area (Å²) in [7, 11) is 0. The van der Waals surface area contributed by atoms with Gasteiger partial charge in [0.15, 0.2) is 0 Å². The predicted octanol–water partition coefficient (Wildman–Crippen LogP) is 1.50. The zero-order valence-corrected chi connectivity index (χ0v) is 11.9. The van der Waals surface area contributed by atoms with Crippen molar-refractivity contribution < 1.29 is 19.4 Å². The van der Waals surface area contributed by atoms with Crippen molar-refractivity contribution in [3.63, 3.8) is 0 Å². The van der Waals surface area contributed by atoms with Gasteiger partial charge in [-0.05, 0) is 26.7 Å². The van der Waals surface area contributed by atoms with E-state index in [1.165, 1.54) is 0 Å². The number of hydrogen-bond acceptors (Lipinski definition) is 3. The highest BCUT2D eigenvalue weighted by Gasteiger charge is 2.38. The lowest BCUT2D eigenvalue weighted by atomic mass is 9.95. The lowest BCUT2D eigenvalue weighted by Crippen LogP contribution is -2.55. The van der Waals surface area contributed by atoms with E-state index < -0.39 is 5.97 Å². The second-order valence-electron chi connectivity index (χ2n) is 5.36. The average Bonchev–Trinajstić information content (AvgIpc) is 2.57. The first kappa shape index (κ1) is 15.8. The van der Waals surface area contributed by atoms with Gasteiger partial charge in [-0.2, -0.15) is 0 Å². The van der Waals surface area contributed by atoms with Gasteiger partial charge in [0.25, 0.3) is 0 Å². The maximum atomic E-state index is 11.9. The van der Waals surface area contributed by atoms with Gasteiger partial charge in [0.2, 0.25) is 0 Å². The molecule has 0 bridgehead atoms. The predicted molar refractivity (Wildman–Crippen MR) is 71.1 cm³/mol. The van der Waals surface area contributed by atoms with Crippen molar-refractivity contribution >= 4 is 12.0 Å². The molecular weight excluding hydrogens is 248 g/mol. The van der Waals surface area contributed by atoms with Crippen LogP contribution in [0.25, 0.3) is 0 Å². The van der Waals surface area contributed by atoms with Crippen molar-refractivity contribution in [1.82, 2.24) is 10.6 Å². The zero-order valence-electron chi connectivity index (χ0n) is 11.9. The minimum Gasteiger partial charge on any atom is -0.481 e. The molecule has 110 valence electrons. The summed E-state index contributed by atoms with van der Waals surface area (Å²) < 4.78 is 5.45. The molecule has 0 spiro atoms. The monoisotopic (exact) mass is 272 g/mol. The van der Waals surface area contributed by atoms with Crippen molar-refractivity contribution in [3.05, 3.63) is 0 Å². The number of hydrogen-bond donors (Lipinski definition) is 3. The maximum Gasteiger partial charge on any atom is 0.315 e. The molecule has 6 nitrogen and oxygen atoms in total. The number of aliphatic carboxylic acids is 1. The van der Waals surface area contributed by atoms with E-state index in [0.717, 1.165) is 12.8 Å². The van der Waals surface area contributed by atoms with Crippen LogP contribution < -0.4 is 10.6 Å². The molecule has 3 N–H and O–H groups in total. The third-order valence-corrected chi connectivity index (χ3v) is 3.68. The van der Waals surface area contributed by atoms with E-state index in [1.54, 1.807) is 0 Å². The lowest BCUT2D eigenvalue weighted by Gasteiger charge is -2.30. The minimum atomic E-state index is -0.900. The van der Waals surface area contributed by atoms with Crippen LogP contribution in [-0.2, 0) is 9.53 Å². The quantitative estimate of drug-likeness (QED) is 0.683. The molecule has 6 heteroatoms. The van der Waals surface area contributed by atoms with E-state index in [1.807, 2.05) is 20.8 Å². The second kappa shape index (κ2) is 6.75. The van der Waals surface area contributed by atoms with Gasteiger partial charge in [0.1, 0.15) is 0 Å². The van der Waals surface area contributed by atoms with Crippen LogP contribution in [0.5, 0.6) is 0 Å². The fourth-order valence-electron chi connectivity index (χ4n) is 2.26. The summed E-state index contributed by atoms with van der Waals surface area (Å²) >= 11 is 0. The van der Waals surface area contributed by atoms with E-state index in [-0.39, 0.29) is 30.1 Å². The number of carboxylic acids is 1. The molecule has 2 amide bonds. The van der Waals surface area contributed by atoms with Crippen LogP contribution in [0.15, 0.2) is 0 Å². The van der Waals surface area contributed by atoms with E-state index >= 15 is 0 Å². The van der Waals surface area contributed by atoms with E-state index in [0.29, 0.717) is 13.0 Å². The number of amides is 2. The van der Waals surface area contributed by atoms with Gasteiger partial charge in [-0.3, -0.25) is 4.79 Å². The highest BCUT2D eigenvalue weighted by Crippen LogP contribution is 2.24. The Balaban J connectivity index is 2.50. The number of ether oxygens (including phenoxy) is 1. The van der Waals surface area contributed by atoms with Crippen LogP contribution in [0, 0.1) is 0 Å². The molecule has 1 aliphatic rings. The Kier molecular flexibility index (Phi) is 5.60. The van der Waals surface area contributed by atoms with Gasteiger partial charge in [-0.15, -0.1) is 0 Å². The van der Waals surface area contributed by atoms with Gasteiger partial charge < -0.3 is 20.5 Å². The molecular formula is C13H24N2O4. The second-order valence-corrected chi connectivity index (χ2v) is 5.36. The molecule has 3 unspecified atom stereocenters. The van der Waals surface area contributed by atoms with Gasteiger partial charge in [-0.25, -0.2) is 4.79 Å². The van der Waals surface area contributed by atoms with Crippen molar-refractivity contribution in [1.29, 1.82) is 0 Å². The molecule has 0 aliphatic carbocycles. The molecule has 1 rings (SSSR count). The number of urea groups is 1. The number of carboxylic acid groups (broad SMARTS) is 1. The topological polar surface area (TPSA) is 87.7 Å². The lowest BCUT2D eigenvalue weighted by molar-refractivity contribution is -0.137. The van der Waals surface area contributed by atoms with Crippen molar-refractivity contribution in [2.75, 3.05) is 6.61 Å². The van der Waals surface area contributed by atoms with Gasteiger partial charge >= 0.3 is 12.0 Å². The number of rotatable bonds is 6. The Morgan fingerprint density at radius 2 is 2.21 bits per heavy atom. The van der Waals surface area contributed by atoms with Crippen LogP contribution in [0.3, 0.4) is 0 Å². The summed E-state index contributed by atoms with van der Waals surface area (Å²) in [5, 5.41) is 14.4. The highest BCUT2D eigenvalue weighted by atomic mass is 16.5. The smallest absolute Gasteiger partial charge is 0.315 e. The molecule has 0 aromatic carbocycles. The molecule has 3 atom stereocenters. The normalized spacial score (nSPS) is 27.8. The van der Waals surface area contributed by atoms with E-state index in [2.05, 4.69) is 10.6 Å². The molecule has 0 aromatic rings. The molecule has 1 saturated heterocycles. The zero-order chi connectivity index (χ0) is 14.5. The standard InChI is InChI=1S/C13H24N2O4/c1-4-5-10(8-11(16)17)14-12(18)15-13(3)6-7-19-9(13)2/h9-10H,4-8H2,1-3H3,(H,16,17)(H2,14,15,18). The number of nitrogens with one attached hydrogen (secondary N) is 2. The summed E-state index contributed by atoms with van der Waals surface area (Å²) in [4.78, 5) is 22.7. The molecule has 1 fully saturated rings. The SMILES string of the molecule is CCCC(CC(=O)O)NC(=O)NC1(C)CCOC1C. The molecule has 1 heterocycles. The summed E-state index contributed by atoms with van der Waals surface area (Å²) in [5.74, 6) is -0.900. The summed E-state index contributed by atoms with van der Waals surface area (Å²) in [6.07, 6.45) is 2.16. The van der Waals surface area contributed by atoms with Crippen LogP contribution in [0.1, 0.15) is 46.5 Å². The molecule has 0 radical (unpaired) electrons. The van der Waals surface area contributed by atoms with Crippen molar-refractivity contribution in [2.45, 2.75) is 64.1 Å².